The van der Waals surface area contributed by atoms with Crippen molar-refractivity contribution in [3.63, 3.8) is 0 Å². The summed E-state index contributed by atoms with van der Waals surface area (Å²) >= 11 is 0. The molecule has 23 heavy (non-hydrogen) atoms. The summed E-state index contributed by atoms with van der Waals surface area (Å²) in [4.78, 5) is 0. The topological polar surface area (TPSA) is 47.3 Å². The minimum Gasteiger partial charge on any atom is -0.418 e. The molecule has 4 nitrogen and oxygen atoms in total. The molecular weight excluding hydrogens is 313 g/mol. The van der Waals surface area contributed by atoms with Crippen molar-refractivity contribution in [2.24, 2.45) is 0 Å². The first-order chi connectivity index (χ1) is 10.8. The van der Waals surface area contributed by atoms with Crippen LogP contribution in [0.5, 0.6) is 0 Å². The third-order valence-electron chi connectivity index (χ3n) is 4.74. The lowest BCUT2D eigenvalue weighted by atomic mass is 9.99. The minimum atomic E-state index is -6.00. The van der Waals surface area contributed by atoms with Crippen LogP contribution < -0.4 is 10.6 Å². The van der Waals surface area contributed by atoms with Crippen LogP contribution in [0.2, 0.25) is 0 Å². The van der Waals surface area contributed by atoms with Crippen molar-refractivity contribution in [2.75, 3.05) is 6.61 Å². The summed E-state index contributed by atoms with van der Waals surface area (Å²) in [6.07, 6.45) is 8.56. The SMILES string of the molecule is C[C@@H]1C[C@@H]2CC[C@@H]3C[C@H](CCCCO)NC(=[N+]32)N1.F[B-](F)(F)F. The van der Waals surface area contributed by atoms with E-state index in [2.05, 4.69) is 22.1 Å². The highest BCUT2D eigenvalue weighted by molar-refractivity contribution is 6.50. The molecule has 3 heterocycles. The van der Waals surface area contributed by atoms with Gasteiger partial charge in [0.05, 0.1) is 24.2 Å². The number of guanidine groups is 1. The summed E-state index contributed by atoms with van der Waals surface area (Å²) in [5.41, 5.74) is 0. The third-order valence-corrected chi connectivity index (χ3v) is 4.74. The van der Waals surface area contributed by atoms with Gasteiger partial charge in [0.25, 0.3) is 0 Å². The van der Waals surface area contributed by atoms with Gasteiger partial charge in [-0.3, -0.25) is 15.2 Å². The highest BCUT2D eigenvalue weighted by atomic mass is 19.5. The van der Waals surface area contributed by atoms with Gasteiger partial charge in [0.15, 0.2) is 0 Å². The maximum Gasteiger partial charge on any atom is 0.673 e. The molecule has 0 aromatic rings. The van der Waals surface area contributed by atoms with Gasteiger partial charge in [-0.1, -0.05) is 0 Å². The minimum absolute atomic E-state index is 0.330. The zero-order chi connectivity index (χ0) is 17.0. The molecule has 0 aliphatic carbocycles. The first-order valence-corrected chi connectivity index (χ1v) is 8.44. The van der Waals surface area contributed by atoms with Crippen LogP contribution >= 0.6 is 0 Å². The van der Waals surface area contributed by atoms with Gasteiger partial charge in [-0.15, -0.1) is 0 Å². The van der Waals surface area contributed by atoms with E-state index in [1.165, 1.54) is 38.1 Å². The van der Waals surface area contributed by atoms with Crippen molar-refractivity contribution in [1.82, 2.24) is 10.6 Å². The van der Waals surface area contributed by atoms with E-state index in [1.807, 2.05) is 0 Å². The number of aliphatic hydroxyl groups excluding tert-OH is 1. The molecule has 0 saturated carbocycles. The Balaban J connectivity index is 0.000000338. The normalized spacial score (nSPS) is 32.4. The van der Waals surface area contributed by atoms with Crippen LogP contribution in [-0.4, -0.2) is 53.7 Å². The van der Waals surface area contributed by atoms with Crippen LogP contribution in [0.3, 0.4) is 0 Å². The molecule has 3 N–H and O–H groups in total. The number of nitrogens with one attached hydrogen (secondary N) is 2. The number of unbranched alkanes of at least 4 members (excludes halogenated alkanes) is 1. The van der Waals surface area contributed by atoms with Crippen molar-refractivity contribution in [3.05, 3.63) is 0 Å². The Hall–Kier alpha value is -0.985. The van der Waals surface area contributed by atoms with E-state index in [0.29, 0.717) is 18.7 Å². The Morgan fingerprint density at radius 3 is 2.30 bits per heavy atom. The van der Waals surface area contributed by atoms with E-state index in [1.54, 1.807) is 0 Å². The molecule has 0 spiro atoms. The maximum atomic E-state index is 9.75. The molecule has 3 aliphatic rings. The number of aliphatic hydroxyl groups is 1. The lowest BCUT2D eigenvalue weighted by Gasteiger charge is -2.35. The maximum absolute atomic E-state index is 9.75. The van der Waals surface area contributed by atoms with Crippen molar-refractivity contribution < 1.29 is 26.9 Å². The lowest BCUT2D eigenvalue weighted by molar-refractivity contribution is -0.593. The second kappa shape index (κ2) is 7.72. The summed E-state index contributed by atoms with van der Waals surface area (Å²) in [7, 11) is -6.00. The van der Waals surface area contributed by atoms with Gasteiger partial charge < -0.3 is 22.4 Å². The van der Waals surface area contributed by atoms with E-state index < -0.39 is 7.25 Å². The van der Waals surface area contributed by atoms with Gasteiger partial charge in [0.1, 0.15) is 0 Å². The van der Waals surface area contributed by atoms with Crippen LogP contribution in [0.15, 0.2) is 0 Å². The number of nitrogens with zero attached hydrogens (tertiary/aromatic N) is 1. The number of hydrogen-bond acceptors (Lipinski definition) is 3. The third kappa shape index (κ3) is 5.55. The van der Waals surface area contributed by atoms with E-state index in [-0.39, 0.29) is 0 Å². The number of rotatable bonds is 4. The van der Waals surface area contributed by atoms with E-state index in [0.717, 1.165) is 24.9 Å². The number of halogens is 4. The second-order valence-corrected chi connectivity index (χ2v) is 6.71. The van der Waals surface area contributed by atoms with Crippen LogP contribution in [0, 0.1) is 0 Å². The quantitative estimate of drug-likeness (QED) is 0.318. The predicted molar refractivity (Wildman–Crippen MR) is 82.0 cm³/mol. The molecule has 1 fully saturated rings. The van der Waals surface area contributed by atoms with Crippen molar-refractivity contribution in [3.8, 4) is 0 Å². The molecule has 9 heteroatoms. The average molecular weight is 339 g/mol. The molecular formula is C14H26BF4N3O. The van der Waals surface area contributed by atoms with Gasteiger partial charge in [0, 0.05) is 19.4 Å². The van der Waals surface area contributed by atoms with Crippen LogP contribution in [-0.2, 0) is 0 Å². The van der Waals surface area contributed by atoms with E-state index >= 15 is 0 Å². The monoisotopic (exact) mass is 339 g/mol. The van der Waals surface area contributed by atoms with E-state index in [4.69, 9.17) is 5.11 Å². The fraction of sp³-hybridized carbons (Fsp3) is 0.929. The average Bonchev–Trinajstić information content (AvgIpc) is 2.81. The first-order valence-electron chi connectivity index (χ1n) is 8.44. The van der Waals surface area contributed by atoms with Crippen LogP contribution in [0.4, 0.5) is 17.3 Å². The molecule has 3 aliphatic heterocycles. The zero-order valence-electron chi connectivity index (χ0n) is 13.4. The molecule has 0 aromatic carbocycles. The summed E-state index contributed by atoms with van der Waals surface area (Å²) in [6.45, 7) is 2.62. The summed E-state index contributed by atoms with van der Waals surface area (Å²) in [5, 5.41) is 16.2. The molecule has 0 unspecified atom stereocenters. The molecule has 0 amide bonds. The molecule has 1 saturated heterocycles. The lowest BCUT2D eigenvalue weighted by Crippen LogP contribution is -2.61. The Kier molecular flexibility index (Phi) is 6.16. The molecule has 134 valence electrons. The molecule has 4 atom stereocenters. The highest BCUT2D eigenvalue weighted by Gasteiger charge is 2.44. The number of hydrogen-bond donors (Lipinski definition) is 3. The van der Waals surface area contributed by atoms with Gasteiger partial charge in [-0.25, -0.2) is 0 Å². The Bertz CT molecular complexity index is 427. The van der Waals surface area contributed by atoms with Crippen molar-refractivity contribution in [1.29, 1.82) is 0 Å². The van der Waals surface area contributed by atoms with Crippen LogP contribution in [0.1, 0.15) is 51.9 Å². The van der Waals surface area contributed by atoms with Crippen LogP contribution in [0.25, 0.3) is 0 Å². The Labute approximate surface area is 134 Å². The standard InChI is InChI=1S/C14H25N3O.BF4/c1-10-8-12-5-6-13-9-11(4-2-3-7-18)16-14(15-10)17(12)13;2-1(3,4)5/h10-13,18H,2-9H2,1H3,(H,15,16);/q;-1/p+1/t10-,11+,12+,13-;/m1./s1. The molecule has 0 aromatic heterocycles. The highest BCUT2D eigenvalue weighted by Crippen LogP contribution is 2.31. The largest absolute Gasteiger partial charge is 0.673 e. The van der Waals surface area contributed by atoms with Gasteiger partial charge >= 0.3 is 13.2 Å². The second-order valence-electron chi connectivity index (χ2n) is 6.71. The smallest absolute Gasteiger partial charge is 0.418 e. The molecule has 0 radical (unpaired) electrons. The van der Waals surface area contributed by atoms with Crippen molar-refractivity contribution >= 4 is 13.2 Å². The first kappa shape index (κ1) is 18.4. The summed E-state index contributed by atoms with van der Waals surface area (Å²) in [6, 6.07) is 2.73. The van der Waals surface area contributed by atoms with Gasteiger partial charge in [-0.05, 0) is 39.0 Å². The predicted octanol–water partition coefficient (Wildman–Crippen LogP) is 2.09. The fourth-order valence-electron chi connectivity index (χ4n) is 3.95. The van der Waals surface area contributed by atoms with Crippen molar-refractivity contribution in [2.45, 2.75) is 76.0 Å². The Morgan fingerprint density at radius 1 is 1.09 bits per heavy atom. The molecule has 3 rings (SSSR count). The van der Waals surface area contributed by atoms with Gasteiger partial charge in [0.2, 0.25) is 0 Å². The van der Waals surface area contributed by atoms with Gasteiger partial charge in [-0.2, -0.15) is 0 Å². The Morgan fingerprint density at radius 2 is 1.70 bits per heavy atom. The zero-order valence-corrected chi connectivity index (χ0v) is 13.4. The molecule has 0 bridgehead atoms. The summed E-state index contributed by atoms with van der Waals surface area (Å²) < 4.78 is 41.6. The summed E-state index contributed by atoms with van der Waals surface area (Å²) in [5.74, 6) is 1.29. The fourth-order valence-corrected chi connectivity index (χ4v) is 3.95. The van der Waals surface area contributed by atoms with E-state index in [9.17, 15) is 17.3 Å².